The summed E-state index contributed by atoms with van der Waals surface area (Å²) in [7, 11) is 3.17. The molecule has 0 aliphatic carbocycles. The van der Waals surface area contributed by atoms with Gasteiger partial charge in [0.1, 0.15) is 0 Å². The first-order chi connectivity index (χ1) is 13.6. The zero-order valence-electron chi connectivity index (χ0n) is 17.1. The first kappa shape index (κ1) is 19.9. The summed E-state index contributed by atoms with van der Waals surface area (Å²) in [6.07, 6.45) is 1.01. The maximum atomic E-state index is 12.7. The van der Waals surface area contributed by atoms with Gasteiger partial charge in [-0.1, -0.05) is 25.1 Å². The number of urea groups is 1. The number of hydrogen-bond donors (Lipinski definition) is 1. The Kier molecular flexibility index (Phi) is 6.29. The summed E-state index contributed by atoms with van der Waals surface area (Å²) in [5, 5.41) is 2.96. The molecule has 1 heterocycles. The van der Waals surface area contributed by atoms with E-state index >= 15 is 0 Å². The number of carbonyl (C=O) groups excluding carboxylic acids is 1. The Morgan fingerprint density at radius 3 is 2.39 bits per heavy atom. The molecule has 150 valence electrons. The fraction of sp³-hybridized carbons (Fsp3) is 0.409. The quantitative estimate of drug-likeness (QED) is 0.850. The zero-order chi connectivity index (χ0) is 20.1. The fourth-order valence-corrected chi connectivity index (χ4v) is 3.71. The molecule has 6 nitrogen and oxygen atoms in total. The van der Waals surface area contributed by atoms with Crippen LogP contribution in [0.25, 0.3) is 0 Å². The molecule has 1 saturated heterocycles. The van der Waals surface area contributed by atoms with Gasteiger partial charge >= 0.3 is 6.03 Å². The average molecular weight is 383 g/mol. The van der Waals surface area contributed by atoms with Crippen molar-refractivity contribution < 1.29 is 14.3 Å². The summed E-state index contributed by atoms with van der Waals surface area (Å²) in [6.45, 7) is 7.39. The normalized spacial score (nSPS) is 14.0. The summed E-state index contributed by atoms with van der Waals surface area (Å²) >= 11 is 0. The topological polar surface area (TPSA) is 54.0 Å². The van der Waals surface area contributed by atoms with E-state index in [4.69, 9.17) is 9.47 Å². The maximum Gasteiger partial charge on any atom is 0.321 e. The third-order valence-corrected chi connectivity index (χ3v) is 5.22. The third kappa shape index (κ3) is 4.16. The minimum absolute atomic E-state index is 0.0904. The lowest BCUT2D eigenvalue weighted by molar-refractivity contribution is 0.208. The molecule has 0 unspecified atom stereocenters. The van der Waals surface area contributed by atoms with Crippen molar-refractivity contribution in [3.63, 3.8) is 0 Å². The molecule has 1 aliphatic heterocycles. The second-order valence-electron chi connectivity index (χ2n) is 6.91. The number of rotatable bonds is 5. The summed E-state index contributed by atoms with van der Waals surface area (Å²) in [5.74, 6) is 1.23. The molecule has 2 amide bonds. The number of methoxy groups -OCH3 is 2. The van der Waals surface area contributed by atoms with Crippen molar-refractivity contribution in [2.45, 2.75) is 20.3 Å². The molecule has 0 spiro atoms. The van der Waals surface area contributed by atoms with Gasteiger partial charge in [0.2, 0.25) is 0 Å². The van der Waals surface area contributed by atoms with Gasteiger partial charge in [0.05, 0.1) is 14.2 Å². The van der Waals surface area contributed by atoms with E-state index in [0.717, 1.165) is 19.5 Å². The smallest absolute Gasteiger partial charge is 0.321 e. The van der Waals surface area contributed by atoms with Gasteiger partial charge in [-0.2, -0.15) is 0 Å². The SMILES string of the molecule is CCc1cccc(C)c1N1CCN(C(=O)Nc2ccc(OC)c(OC)c2)CC1. The Balaban J connectivity index is 1.63. The molecule has 0 radical (unpaired) electrons. The molecule has 28 heavy (non-hydrogen) atoms. The van der Waals surface area contributed by atoms with Crippen molar-refractivity contribution in [2.24, 2.45) is 0 Å². The van der Waals surface area contributed by atoms with Crippen molar-refractivity contribution in [3.05, 3.63) is 47.5 Å². The van der Waals surface area contributed by atoms with E-state index in [-0.39, 0.29) is 6.03 Å². The number of benzene rings is 2. The van der Waals surface area contributed by atoms with Crippen LogP contribution in [0.1, 0.15) is 18.1 Å². The molecule has 2 aromatic rings. The van der Waals surface area contributed by atoms with Gasteiger partial charge in [-0.05, 0) is 36.6 Å². The summed E-state index contributed by atoms with van der Waals surface area (Å²) in [6, 6.07) is 11.8. The van der Waals surface area contributed by atoms with Gasteiger partial charge in [0.15, 0.2) is 11.5 Å². The monoisotopic (exact) mass is 383 g/mol. The van der Waals surface area contributed by atoms with E-state index in [1.807, 2.05) is 11.0 Å². The van der Waals surface area contributed by atoms with Crippen LogP contribution in [0.4, 0.5) is 16.2 Å². The number of amides is 2. The van der Waals surface area contributed by atoms with E-state index in [1.54, 1.807) is 26.4 Å². The zero-order valence-corrected chi connectivity index (χ0v) is 17.1. The van der Waals surface area contributed by atoms with Crippen LogP contribution in [-0.4, -0.2) is 51.3 Å². The third-order valence-electron chi connectivity index (χ3n) is 5.22. The number of aryl methyl sites for hydroxylation is 2. The van der Waals surface area contributed by atoms with Crippen LogP contribution < -0.4 is 19.7 Å². The molecule has 1 N–H and O–H groups in total. The molecule has 0 atom stereocenters. The number of piperazine rings is 1. The lowest BCUT2D eigenvalue weighted by Gasteiger charge is -2.37. The first-order valence-electron chi connectivity index (χ1n) is 9.68. The fourth-order valence-electron chi connectivity index (χ4n) is 3.71. The van der Waals surface area contributed by atoms with E-state index < -0.39 is 0 Å². The lowest BCUT2D eigenvalue weighted by Crippen LogP contribution is -2.50. The minimum Gasteiger partial charge on any atom is -0.493 e. The number of carbonyl (C=O) groups is 1. The van der Waals surface area contributed by atoms with Crippen LogP contribution >= 0.6 is 0 Å². The molecule has 1 fully saturated rings. The number of para-hydroxylation sites is 1. The number of nitrogens with one attached hydrogen (secondary N) is 1. The lowest BCUT2D eigenvalue weighted by atomic mass is 10.0. The molecule has 3 rings (SSSR count). The van der Waals surface area contributed by atoms with Gasteiger partial charge in [-0.15, -0.1) is 0 Å². The second-order valence-corrected chi connectivity index (χ2v) is 6.91. The van der Waals surface area contributed by atoms with Crippen LogP contribution in [0, 0.1) is 6.92 Å². The average Bonchev–Trinajstić information content (AvgIpc) is 2.73. The summed E-state index contributed by atoms with van der Waals surface area (Å²) < 4.78 is 10.5. The maximum absolute atomic E-state index is 12.7. The Morgan fingerprint density at radius 2 is 1.75 bits per heavy atom. The van der Waals surface area contributed by atoms with Crippen molar-refractivity contribution in [1.29, 1.82) is 0 Å². The first-order valence-corrected chi connectivity index (χ1v) is 9.68. The highest BCUT2D eigenvalue weighted by Gasteiger charge is 2.23. The van der Waals surface area contributed by atoms with Gasteiger partial charge < -0.3 is 24.6 Å². The largest absolute Gasteiger partial charge is 0.493 e. The van der Waals surface area contributed by atoms with E-state index in [0.29, 0.717) is 30.3 Å². The van der Waals surface area contributed by atoms with Crippen molar-refractivity contribution >= 4 is 17.4 Å². The number of ether oxygens (including phenoxy) is 2. The molecule has 0 saturated carbocycles. The molecular weight excluding hydrogens is 354 g/mol. The Hall–Kier alpha value is -2.89. The molecule has 1 aliphatic rings. The number of nitrogens with zero attached hydrogens (tertiary/aromatic N) is 2. The number of anilines is 2. The molecular formula is C22H29N3O3. The highest BCUT2D eigenvalue weighted by atomic mass is 16.5. The van der Waals surface area contributed by atoms with Crippen LogP contribution in [0.15, 0.2) is 36.4 Å². The van der Waals surface area contributed by atoms with E-state index in [1.165, 1.54) is 16.8 Å². The Bertz CT molecular complexity index is 830. The highest BCUT2D eigenvalue weighted by Crippen LogP contribution is 2.30. The van der Waals surface area contributed by atoms with Gasteiger partial charge in [-0.3, -0.25) is 0 Å². The molecule has 6 heteroatoms. The van der Waals surface area contributed by atoms with Crippen LogP contribution in [0.3, 0.4) is 0 Å². The van der Waals surface area contributed by atoms with Gasteiger partial charge in [0, 0.05) is 43.6 Å². The van der Waals surface area contributed by atoms with Crippen molar-refractivity contribution in [2.75, 3.05) is 50.6 Å². The number of hydrogen-bond acceptors (Lipinski definition) is 4. The second kappa shape index (κ2) is 8.87. The predicted octanol–water partition coefficient (Wildman–Crippen LogP) is 3.93. The van der Waals surface area contributed by atoms with Crippen molar-refractivity contribution in [3.8, 4) is 11.5 Å². The summed E-state index contributed by atoms with van der Waals surface area (Å²) in [4.78, 5) is 16.9. The molecule has 0 aromatic heterocycles. The molecule has 2 aromatic carbocycles. The highest BCUT2D eigenvalue weighted by molar-refractivity contribution is 5.90. The van der Waals surface area contributed by atoms with E-state index in [9.17, 15) is 4.79 Å². The van der Waals surface area contributed by atoms with Crippen LogP contribution in [0.5, 0.6) is 11.5 Å². The van der Waals surface area contributed by atoms with Gasteiger partial charge in [0.25, 0.3) is 0 Å². The Morgan fingerprint density at radius 1 is 1.04 bits per heavy atom. The summed E-state index contributed by atoms with van der Waals surface area (Å²) in [5.41, 5.74) is 4.67. The molecule has 0 bridgehead atoms. The van der Waals surface area contributed by atoms with Gasteiger partial charge in [-0.25, -0.2) is 4.79 Å². The standard InChI is InChI=1S/C22H29N3O3/c1-5-17-8-6-7-16(2)21(17)24-11-13-25(14-12-24)22(26)23-18-9-10-19(27-3)20(15-18)28-4/h6-10,15H,5,11-14H2,1-4H3,(H,23,26). The predicted molar refractivity (Wildman–Crippen MR) is 113 cm³/mol. The minimum atomic E-state index is -0.0904. The Labute approximate surface area is 167 Å². The van der Waals surface area contributed by atoms with Crippen LogP contribution in [-0.2, 0) is 6.42 Å². The van der Waals surface area contributed by atoms with E-state index in [2.05, 4.69) is 42.3 Å². The van der Waals surface area contributed by atoms with Crippen molar-refractivity contribution in [1.82, 2.24) is 4.90 Å². The van der Waals surface area contributed by atoms with Crippen LogP contribution in [0.2, 0.25) is 0 Å².